The zero-order valence-electron chi connectivity index (χ0n) is 9.92. The van der Waals surface area contributed by atoms with Crippen LogP contribution in [0.15, 0.2) is 18.6 Å². The molecule has 0 saturated heterocycles. The van der Waals surface area contributed by atoms with Crippen LogP contribution in [0.1, 0.15) is 29.4 Å². The van der Waals surface area contributed by atoms with Crippen molar-refractivity contribution in [1.29, 1.82) is 0 Å². The Bertz CT molecular complexity index is 533. The van der Waals surface area contributed by atoms with Crippen molar-refractivity contribution in [2.75, 3.05) is 0 Å². The van der Waals surface area contributed by atoms with Crippen LogP contribution in [-0.2, 0) is 6.54 Å². The number of carbonyl (C=O) groups excluding carboxylic acids is 1. The second-order valence-electron chi connectivity index (χ2n) is 3.80. The Labute approximate surface area is 99.5 Å². The van der Waals surface area contributed by atoms with E-state index in [9.17, 15) is 4.79 Å². The SMILES string of the molecule is CCCn1cc(C=O)c(-c2nccnc2C)n1. The smallest absolute Gasteiger partial charge is 0.153 e. The molecule has 0 saturated carbocycles. The Morgan fingerprint density at radius 1 is 1.29 bits per heavy atom. The first-order valence-corrected chi connectivity index (χ1v) is 5.57. The number of nitrogens with zero attached hydrogens (tertiary/aromatic N) is 4. The molecule has 2 aromatic heterocycles. The second-order valence-corrected chi connectivity index (χ2v) is 3.80. The Morgan fingerprint density at radius 3 is 2.71 bits per heavy atom. The molecule has 0 fully saturated rings. The van der Waals surface area contributed by atoms with Gasteiger partial charge in [-0.15, -0.1) is 0 Å². The molecule has 2 aromatic rings. The predicted molar refractivity (Wildman–Crippen MR) is 63.7 cm³/mol. The molecular formula is C12H14N4O. The lowest BCUT2D eigenvalue weighted by Crippen LogP contribution is -1.98. The Kier molecular flexibility index (Phi) is 3.27. The molecule has 0 spiro atoms. The molecule has 0 aliphatic rings. The first-order chi connectivity index (χ1) is 8.26. The number of carbonyl (C=O) groups is 1. The number of aromatic nitrogens is 4. The number of hydrogen-bond donors (Lipinski definition) is 0. The van der Waals surface area contributed by atoms with E-state index in [0.717, 1.165) is 24.9 Å². The maximum absolute atomic E-state index is 11.0. The van der Waals surface area contributed by atoms with Crippen molar-refractivity contribution >= 4 is 6.29 Å². The van der Waals surface area contributed by atoms with Gasteiger partial charge in [-0.2, -0.15) is 5.10 Å². The van der Waals surface area contributed by atoms with Gasteiger partial charge in [0.15, 0.2) is 6.29 Å². The van der Waals surface area contributed by atoms with Gasteiger partial charge in [0.2, 0.25) is 0 Å². The molecule has 17 heavy (non-hydrogen) atoms. The van der Waals surface area contributed by atoms with Gasteiger partial charge >= 0.3 is 0 Å². The van der Waals surface area contributed by atoms with Crippen molar-refractivity contribution in [2.24, 2.45) is 0 Å². The zero-order valence-corrected chi connectivity index (χ0v) is 9.92. The molecule has 0 N–H and O–H groups in total. The summed E-state index contributed by atoms with van der Waals surface area (Å²) in [4.78, 5) is 19.4. The number of rotatable bonds is 4. The van der Waals surface area contributed by atoms with Gasteiger partial charge in [-0.3, -0.25) is 19.4 Å². The summed E-state index contributed by atoms with van der Waals surface area (Å²) >= 11 is 0. The van der Waals surface area contributed by atoms with Gasteiger partial charge < -0.3 is 0 Å². The quantitative estimate of drug-likeness (QED) is 0.752. The van der Waals surface area contributed by atoms with Gasteiger partial charge in [-0.1, -0.05) is 6.92 Å². The van der Waals surface area contributed by atoms with Gasteiger partial charge in [0.25, 0.3) is 0 Å². The standard InChI is InChI=1S/C12H14N4O/c1-3-6-16-7-10(8-17)12(15-16)11-9(2)13-4-5-14-11/h4-5,7-8H,3,6H2,1-2H3. The maximum atomic E-state index is 11.0. The van der Waals surface area contributed by atoms with Crippen LogP contribution in [-0.4, -0.2) is 26.0 Å². The minimum Gasteiger partial charge on any atom is -0.298 e. The van der Waals surface area contributed by atoms with Crippen LogP contribution in [0, 0.1) is 6.92 Å². The third kappa shape index (κ3) is 2.22. The fourth-order valence-electron chi connectivity index (χ4n) is 1.69. The van der Waals surface area contributed by atoms with Crippen molar-refractivity contribution in [1.82, 2.24) is 19.7 Å². The fourth-order valence-corrected chi connectivity index (χ4v) is 1.69. The summed E-state index contributed by atoms with van der Waals surface area (Å²) < 4.78 is 1.77. The topological polar surface area (TPSA) is 60.7 Å². The van der Waals surface area contributed by atoms with E-state index in [1.165, 1.54) is 0 Å². The highest BCUT2D eigenvalue weighted by Crippen LogP contribution is 2.20. The summed E-state index contributed by atoms with van der Waals surface area (Å²) in [5, 5.41) is 4.38. The number of aldehydes is 1. The van der Waals surface area contributed by atoms with Crippen LogP contribution in [0.4, 0.5) is 0 Å². The number of hydrogen-bond acceptors (Lipinski definition) is 4. The molecule has 0 unspecified atom stereocenters. The van der Waals surface area contributed by atoms with Crippen LogP contribution in [0.2, 0.25) is 0 Å². The zero-order chi connectivity index (χ0) is 12.3. The van der Waals surface area contributed by atoms with E-state index in [1.807, 2.05) is 6.92 Å². The largest absolute Gasteiger partial charge is 0.298 e. The predicted octanol–water partition coefficient (Wildman–Crippen LogP) is 1.87. The highest BCUT2D eigenvalue weighted by Gasteiger charge is 2.14. The van der Waals surface area contributed by atoms with Gasteiger partial charge in [0.1, 0.15) is 11.4 Å². The third-order valence-corrected chi connectivity index (χ3v) is 2.48. The molecular weight excluding hydrogens is 216 g/mol. The molecule has 0 aliphatic carbocycles. The lowest BCUT2D eigenvalue weighted by molar-refractivity contribution is 0.112. The minimum absolute atomic E-state index is 0.557. The monoisotopic (exact) mass is 230 g/mol. The molecule has 2 heterocycles. The molecule has 0 radical (unpaired) electrons. The van der Waals surface area contributed by atoms with Crippen molar-refractivity contribution in [3.8, 4) is 11.4 Å². The third-order valence-electron chi connectivity index (χ3n) is 2.48. The summed E-state index contributed by atoms with van der Waals surface area (Å²) in [5.41, 5.74) is 2.61. The van der Waals surface area contributed by atoms with E-state index < -0.39 is 0 Å². The lowest BCUT2D eigenvalue weighted by atomic mass is 10.2. The average Bonchev–Trinajstić information content (AvgIpc) is 2.73. The molecule has 0 amide bonds. The molecule has 0 atom stereocenters. The normalized spacial score (nSPS) is 10.5. The van der Waals surface area contributed by atoms with E-state index in [2.05, 4.69) is 22.0 Å². The lowest BCUT2D eigenvalue weighted by Gasteiger charge is -2.00. The second kappa shape index (κ2) is 4.86. The molecule has 88 valence electrons. The van der Waals surface area contributed by atoms with E-state index in [4.69, 9.17) is 0 Å². The average molecular weight is 230 g/mol. The van der Waals surface area contributed by atoms with E-state index in [-0.39, 0.29) is 0 Å². The molecule has 2 rings (SSSR count). The summed E-state index contributed by atoms with van der Waals surface area (Å²) in [6.07, 6.45) is 6.76. The summed E-state index contributed by atoms with van der Waals surface area (Å²) in [6, 6.07) is 0. The molecule has 0 bridgehead atoms. The molecule has 5 nitrogen and oxygen atoms in total. The van der Waals surface area contributed by atoms with Crippen molar-refractivity contribution in [3.63, 3.8) is 0 Å². The van der Waals surface area contributed by atoms with Crippen molar-refractivity contribution in [2.45, 2.75) is 26.8 Å². The van der Waals surface area contributed by atoms with Crippen LogP contribution in [0.3, 0.4) is 0 Å². The maximum Gasteiger partial charge on any atom is 0.153 e. The first-order valence-electron chi connectivity index (χ1n) is 5.57. The highest BCUT2D eigenvalue weighted by molar-refractivity contribution is 5.84. The van der Waals surface area contributed by atoms with E-state index in [0.29, 0.717) is 17.0 Å². The van der Waals surface area contributed by atoms with Gasteiger partial charge in [-0.25, -0.2) is 0 Å². The fraction of sp³-hybridized carbons (Fsp3) is 0.333. The molecule has 0 aromatic carbocycles. The number of aryl methyl sites for hydroxylation is 2. The van der Waals surface area contributed by atoms with Crippen molar-refractivity contribution in [3.05, 3.63) is 29.8 Å². The van der Waals surface area contributed by atoms with Crippen molar-refractivity contribution < 1.29 is 4.79 Å². The first kappa shape index (κ1) is 11.4. The van der Waals surface area contributed by atoms with Gasteiger partial charge in [0, 0.05) is 25.1 Å². The molecule has 0 aliphatic heterocycles. The molecule has 5 heteroatoms. The van der Waals surface area contributed by atoms with Gasteiger partial charge in [-0.05, 0) is 13.3 Å². The minimum atomic E-state index is 0.557. The summed E-state index contributed by atoms with van der Waals surface area (Å²) in [6.45, 7) is 4.71. The van der Waals surface area contributed by atoms with Crippen LogP contribution >= 0.6 is 0 Å². The Hall–Kier alpha value is -2.04. The van der Waals surface area contributed by atoms with Gasteiger partial charge in [0.05, 0.1) is 11.3 Å². The van der Waals surface area contributed by atoms with Crippen LogP contribution in [0.5, 0.6) is 0 Å². The Morgan fingerprint density at radius 2 is 2.06 bits per heavy atom. The summed E-state index contributed by atoms with van der Waals surface area (Å²) in [5.74, 6) is 0. The van der Waals surface area contributed by atoms with Crippen LogP contribution in [0.25, 0.3) is 11.4 Å². The van der Waals surface area contributed by atoms with E-state index >= 15 is 0 Å². The summed E-state index contributed by atoms with van der Waals surface area (Å²) in [7, 11) is 0. The van der Waals surface area contributed by atoms with E-state index in [1.54, 1.807) is 23.3 Å². The Balaban J connectivity index is 2.51. The van der Waals surface area contributed by atoms with Crippen LogP contribution < -0.4 is 0 Å². The highest BCUT2D eigenvalue weighted by atomic mass is 16.1.